The minimum absolute atomic E-state index is 0.0539. The van der Waals surface area contributed by atoms with Crippen LogP contribution in [-0.2, 0) is 9.53 Å². The first-order chi connectivity index (χ1) is 8.15. The van der Waals surface area contributed by atoms with E-state index in [1.807, 2.05) is 0 Å². The molecule has 0 saturated heterocycles. The number of allylic oxidation sites excluding steroid dienone is 2. The number of alkyl halides is 2. The molecule has 0 radical (unpaired) electrons. The van der Waals surface area contributed by atoms with Crippen LogP contribution in [0.15, 0.2) is 29.4 Å². The molecule has 0 unspecified atom stereocenters. The fourth-order valence-electron chi connectivity index (χ4n) is 0.937. The topological polar surface area (TPSA) is 64.7 Å². The molecule has 0 rings (SSSR count). The Morgan fingerprint density at radius 3 is 2.44 bits per heavy atom. The van der Waals surface area contributed by atoms with Crippen LogP contribution in [0, 0.1) is 0 Å². The lowest BCUT2D eigenvalue weighted by Gasteiger charge is -2.18. The molecule has 0 aromatic carbocycles. The second kappa shape index (κ2) is 6.88. The first-order valence-electron chi connectivity index (χ1n) is 5.29. The van der Waals surface area contributed by atoms with E-state index < -0.39 is 30.3 Å². The van der Waals surface area contributed by atoms with Crippen LogP contribution in [0.25, 0.3) is 0 Å². The van der Waals surface area contributed by atoms with Crippen molar-refractivity contribution in [1.29, 1.82) is 0 Å². The van der Waals surface area contributed by atoms with Gasteiger partial charge in [-0.25, -0.2) is 8.78 Å². The number of hydrogen-bond acceptors (Lipinski definition) is 4. The number of carbonyl (C=O) groups is 1. The third kappa shape index (κ3) is 7.54. The number of hydrogen-bond donors (Lipinski definition) is 1. The fourth-order valence-corrected chi connectivity index (χ4v) is 0.937. The lowest BCUT2D eigenvalue weighted by Crippen LogP contribution is -2.26. The lowest BCUT2D eigenvalue weighted by atomic mass is 10.2. The number of halogens is 2. The van der Waals surface area contributed by atoms with Crippen LogP contribution >= 0.6 is 0 Å². The Balaban J connectivity index is 4.70. The Kier molecular flexibility index (Phi) is 6.22. The summed E-state index contributed by atoms with van der Waals surface area (Å²) in [4.78, 5) is 14.8. The highest BCUT2D eigenvalue weighted by atomic mass is 19.3. The smallest absolute Gasteiger partial charge is 0.328 e. The van der Waals surface area contributed by atoms with Crippen LogP contribution in [0.1, 0.15) is 20.8 Å². The van der Waals surface area contributed by atoms with Gasteiger partial charge in [0.05, 0.1) is 0 Å². The molecule has 0 aliphatic carbocycles. The summed E-state index contributed by atoms with van der Waals surface area (Å²) in [6.07, 6.45) is -0.626. The molecule has 0 saturated carbocycles. The van der Waals surface area contributed by atoms with Gasteiger partial charge >= 0.3 is 5.97 Å². The first kappa shape index (κ1) is 16.3. The van der Waals surface area contributed by atoms with Crippen LogP contribution in [0.3, 0.4) is 0 Å². The van der Waals surface area contributed by atoms with Gasteiger partial charge in [-0.1, -0.05) is 6.58 Å². The van der Waals surface area contributed by atoms with Crippen molar-refractivity contribution in [1.82, 2.24) is 0 Å². The maximum atomic E-state index is 12.6. The third-order valence-electron chi connectivity index (χ3n) is 1.58. The Labute approximate surface area is 105 Å². The average Bonchev–Trinajstić information content (AvgIpc) is 2.20. The molecule has 0 aromatic rings. The fraction of sp³-hybridized carbons (Fsp3) is 0.500. The van der Waals surface area contributed by atoms with E-state index in [-0.39, 0.29) is 5.70 Å². The molecule has 6 heteroatoms. The largest absolute Gasteiger partial charge is 0.459 e. The molecule has 0 heterocycles. The van der Waals surface area contributed by atoms with Crippen molar-refractivity contribution >= 4 is 11.7 Å². The van der Waals surface area contributed by atoms with Crippen LogP contribution in [0.4, 0.5) is 8.78 Å². The maximum Gasteiger partial charge on any atom is 0.328 e. The molecule has 0 aliphatic rings. The normalized spacial score (nSPS) is 13.7. The highest BCUT2D eigenvalue weighted by Gasteiger charge is 2.17. The van der Waals surface area contributed by atoms with Gasteiger partial charge in [-0.05, 0) is 32.9 Å². The summed E-state index contributed by atoms with van der Waals surface area (Å²) in [6, 6.07) is 0. The number of ether oxygens (including phenoxy) is 1. The minimum atomic E-state index is -2.81. The predicted molar refractivity (Wildman–Crippen MR) is 66.6 cm³/mol. The van der Waals surface area contributed by atoms with Gasteiger partial charge in [-0.3, -0.25) is 9.79 Å². The van der Waals surface area contributed by atoms with E-state index in [0.717, 1.165) is 6.08 Å². The van der Waals surface area contributed by atoms with Gasteiger partial charge in [0.1, 0.15) is 17.9 Å². The first-order valence-corrected chi connectivity index (χ1v) is 5.29. The van der Waals surface area contributed by atoms with Gasteiger partial charge in [-0.2, -0.15) is 0 Å². The van der Waals surface area contributed by atoms with E-state index in [9.17, 15) is 13.6 Å². The van der Waals surface area contributed by atoms with Gasteiger partial charge in [0.25, 0.3) is 6.43 Å². The number of aliphatic imine (C=N–C) groups is 1. The van der Waals surface area contributed by atoms with E-state index >= 15 is 0 Å². The minimum Gasteiger partial charge on any atom is -0.459 e. The highest BCUT2D eigenvalue weighted by Crippen LogP contribution is 2.07. The molecule has 0 atom stereocenters. The molecular weight excluding hydrogens is 242 g/mol. The zero-order valence-electron chi connectivity index (χ0n) is 10.7. The second-order valence-corrected chi connectivity index (χ2v) is 4.48. The number of esters is 1. The zero-order valence-corrected chi connectivity index (χ0v) is 10.7. The van der Waals surface area contributed by atoms with Crippen molar-refractivity contribution in [3.8, 4) is 0 Å². The molecule has 0 amide bonds. The average molecular weight is 260 g/mol. The Morgan fingerprint density at radius 2 is 2.06 bits per heavy atom. The van der Waals surface area contributed by atoms with Crippen molar-refractivity contribution in [3.05, 3.63) is 24.4 Å². The quantitative estimate of drug-likeness (QED) is 0.467. The van der Waals surface area contributed by atoms with Gasteiger partial charge < -0.3 is 10.5 Å². The van der Waals surface area contributed by atoms with Gasteiger partial charge in [0.2, 0.25) is 0 Å². The summed E-state index contributed by atoms with van der Waals surface area (Å²) in [5.41, 5.74) is 4.14. The molecule has 18 heavy (non-hydrogen) atoms. The summed E-state index contributed by atoms with van der Waals surface area (Å²) in [5.74, 6) is -0.675. The van der Waals surface area contributed by atoms with E-state index in [1.165, 1.54) is 6.08 Å². The summed E-state index contributed by atoms with van der Waals surface area (Å²) in [6.45, 7) is 7.89. The van der Waals surface area contributed by atoms with Crippen LogP contribution in [-0.4, -0.2) is 30.3 Å². The lowest BCUT2D eigenvalue weighted by molar-refractivity contribution is -0.152. The van der Waals surface area contributed by atoms with Crippen molar-refractivity contribution in [3.63, 3.8) is 0 Å². The number of carbonyl (C=O) groups excluding carboxylic acids is 1. The van der Waals surface area contributed by atoms with E-state index in [4.69, 9.17) is 10.5 Å². The molecule has 4 nitrogen and oxygen atoms in total. The molecular formula is C12H18F2N2O2. The SMILES string of the molecule is C=C/C(N)=C/C(=NCC(=O)OC(C)(C)C)C(F)F. The van der Waals surface area contributed by atoms with Crippen LogP contribution in [0.5, 0.6) is 0 Å². The summed E-state index contributed by atoms with van der Waals surface area (Å²) in [5, 5.41) is 0. The predicted octanol–water partition coefficient (Wildman–Crippen LogP) is 2.06. The standard InChI is InChI=1S/C12H18F2N2O2/c1-5-8(15)6-9(11(13)14)16-7-10(17)18-12(2,3)4/h5-6,11H,1,7,15H2,2-4H3/b8-6-,16-9?. The summed E-state index contributed by atoms with van der Waals surface area (Å²) < 4.78 is 30.1. The second-order valence-electron chi connectivity index (χ2n) is 4.48. The van der Waals surface area contributed by atoms with E-state index in [0.29, 0.717) is 0 Å². The number of nitrogens with two attached hydrogens (primary N) is 1. The Hall–Kier alpha value is -1.72. The number of rotatable bonds is 5. The maximum absolute atomic E-state index is 12.6. The Bertz CT molecular complexity index is 369. The van der Waals surface area contributed by atoms with Crippen molar-refractivity contribution < 1.29 is 18.3 Å². The molecule has 0 fully saturated rings. The van der Waals surface area contributed by atoms with Crippen molar-refractivity contribution in [2.75, 3.05) is 6.54 Å². The Morgan fingerprint density at radius 1 is 1.50 bits per heavy atom. The van der Waals surface area contributed by atoms with E-state index in [1.54, 1.807) is 20.8 Å². The highest BCUT2D eigenvalue weighted by molar-refractivity contribution is 5.99. The van der Waals surface area contributed by atoms with Crippen molar-refractivity contribution in [2.24, 2.45) is 10.7 Å². The van der Waals surface area contributed by atoms with Gasteiger partial charge in [-0.15, -0.1) is 0 Å². The summed E-state index contributed by atoms with van der Waals surface area (Å²) in [7, 11) is 0. The van der Waals surface area contributed by atoms with E-state index in [2.05, 4.69) is 11.6 Å². The molecule has 0 bridgehead atoms. The molecule has 0 aromatic heterocycles. The monoisotopic (exact) mass is 260 g/mol. The summed E-state index contributed by atoms with van der Waals surface area (Å²) >= 11 is 0. The van der Waals surface area contributed by atoms with Gasteiger partial charge in [0, 0.05) is 5.70 Å². The van der Waals surface area contributed by atoms with Crippen molar-refractivity contribution in [2.45, 2.75) is 32.8 Å². The molecule has 2 N–H and O–H groups in total. The number of nitrogens with zero attached hydrogens (tertiary/aromatic N) is 1. The molecule has 0 aliphatic heterocycles. The zero-order chi connectivity index (χ0) is 14.3. The van der Waals surface area contributed by atoms with Gasteiger partial charge in [0.15, 0.2) is 0 Å². The molecule has 0 spiro atoms. The third-order valence-corrected chi connectivity index (χ3v) is 1.58. The van der Waals surface area contributed by atoms with Crippen LogP contribution < -0.4 is 5.73 Å². The van der Waals surface area contributed by atoms with Crippen LogP contribution in [0.2, 0.25) is 0 Å². The molecule has 102 valence electrons.